The molecule has 1 atom stereocenters. The topological polar surface area (TPSA) is 72.8 Å². The molecule has 0 bridgehead atoms. The van der Waals surface area contributed by atoms with Crippen LogP contribution in [0.4, 0.5) is 0 Å². The lowest BCUT2D eigenvalue weighted by Crippen LogP contribution is -2.27. The van der Waals surface area contributed by atoms with Crippen LogP contribution in [0.1, 0.15) is 194 Å². The van der Waals surface area contributed by atoms with Crippen LogP contribution in [0, 0.1) is 0 Å². The molecule has 5 heteroatoms. The molecule has 5 nitrogen and oxygen atoms in total. The highest BCUT2D eigenvalue weighted by Gasteiger charge is 2.13. The summed E-state index contributed by atoms with van der Waals surface area (Å²) in [6.45, 7) is 4.01. The van der Waals surface area contributed by atoms with Crippen molar-refractivity contribution in [3.8, 4) is 0 Å². The van der Waals surface area contributed by atoms with Crippen molar-refractivity contribution < 1.29 is 24.2 Å². The Kier molecular flexibility index (Phi) is 34.5. The van der Waals surface area contributed by atoms with E-state index in [0.717, 1.165) is 25.7 Å². The second-order valence-corrected chi connectivity index (χ2v) is 12.7. The van der Waals surface area contributed by atoms with Gasteiger partial charge in [-0.25, -0.2) is 9.59 Å². The molecule has 1 N–H and O–H groups in total. The Morgan fingerprint density at radius 1 is 0.500 bits per heavy atom. The molecule has 0 saturated heterocycles. The molecule has 0 aromatic heterocycles. The molecule has 0 aliphatic rings. The molecule has 0 rings (SSSR count). The van der Waals surface area contributed by atoms with Crippen molar-refractivity contribution >= 4 is 11.9 Å². The Labute approximate surface area is 273 Å². The summed E-state index contributed by atoms with van der Waals surface area (Å²) in [5.74, 6) is -0.972. The molecule has 0 heterocycles. The van der Waals surface area contributed by atoms with Crippen LogP contribution in [0.25, 0.3) is 0 Å². The fraction of sp³-hybridized carbons (Fsp3) is 0.846. The van der Waals surface area contributed by atoms with E-state index in [-0.39, 0.29) is 13.2 Å². The van der Waals surface area contributed by atoms with Gasteiger partial charge in [-0.15, -0.1) is 0 Å². The van der Waals surface area contributed by atoms with E-state index in [1.165, 1.54) is 166 Å². The summed E-state index contributed by atoms with van der Waals surface area (Å²) < 4.78 is 10.4. The third kappa shape index (κ3) is 33.3. The molecular weight excluding hydrogens is 548 g/mol. The third-order valence-electron chi connectivity index (χ3n) is 8.35. The average Bonchev–Trinajstić information content (AvgIpc) is 3.02. The lowest BCUT2D eigenvalue weighted by molar-refractivity contribution is -0.155. The minimum absolute atomic E-state index is 0.142. The molecular formula is C39H72O5. The van der Waals surface area contributed by atoms with Gasteiger partial charge in [0.2, 0.25) is 0 Å². The van der Waals surface area contributed by atoms with Crippen molar-refractivity contribution in [3.05, 3.63) is 24.3 Å². The predicted molar refractivity (Wildman–Crippen MR) is 187 cm³/mol. The second-order valence-electron chi connectivity index (χ2n) is 12.7. The SMILES string of the molecule is CCCCCCCCCCCCCCCC=CC(=O)OC[C@H](CO)OC(=O)C=CCCCCCCCCCCCCCCC. The first-order valence-corrected chi connectivity index (χ1v) is 18.9. The summed E-state index contributed by atoms with van der Waals surface area (Å²) in [7, 11) is 0. The van der Waals surface area contributed by atoms with Crippen LogP contribution in [-0.4, -0.2) is 36.4 Å². The van der Waals surface area contributed by atoms with Crippen LogP contribution in [-0.2, 0) is 19.1 Å². The summed E-state index contributed by atoms with van der Waals surface area (Å²) in [6, 6.07) is 0. The third-order valence-corrected chi connectivity index (χ3v) is 8.35. The van der Waals surface area contributed by atoms with E-state index in [1.54, 1.807) is 0 Å². The molecule has 0 radical (unpaired) electrons. The molecule has 0 aliphatic heterocycles. The maximum atomic E-state index is 12.0. The van der Waals surface area contributed by atoms with Crippen molar-refractivity contribution in [1.29, 1.82) is 0 Å². The van der Waals surface area contributed by atoms with E-state index in [1.807, 2.05) is 12.2 Å². The van der Waals surface area contributed by atoms with E-state index in [0.29, 0.717) is 0 Å². The Hall–Kier alpha value is -1.62. The number of rotatable bonds is 34. The molecule has 0 amide bonds. The van der Waals surface area contributed by atoms with Crippen LogP contribution in [0.3, 0.4) is 0 Å². The van der Waals surface area contributed by atoms with Crippen molar-refractivity contribution in [3.63, 3.8) is 0 Å². The molecule has 0 spiro atoms. The number of esters is 2. The number of hydrogen-bond acceptors (Lipinski definition) is 5. The zero-order chi connectivity index (χ0) is 32.2. The van der Waals surface area contributed by atoms with Crippen molar-refractivity contribution in [2.24, 2.45) is 0 Å². The Morgan fingerprint density at radius 3 is 1.16 bits per heavy atom. The Balaban J connectivity index is 3.63. The Morgan fingerprint density at radius 2 is 0.818 bits per heavy atom. The summed E-state index contributed by atoms with van der Waals surface area (Å²) in [6.07, 6.45) is 41.7. The van der Waals surface area contributed by atoms with Crippen molar-refractivity contribution in [2.75, 3.05) is 13.2 Å². The molecule has 0 aromatic rings. The van der Waals surface area contributed by atoms with Gasteiger partial charge in [0.15, 0.2) is 6.10 Å². The predicted octanol–water partition coefficient (Wildman–Crippen LogP) is 11.5. The molecule has 0 saturated carbocycles. The lowest BCUT2D eigenvalue weighted by Gasteiger charge is -2.13. The number of allylic oxidation sites excluding steroid dienone is 2. The van der Waals surface area contributed by atoms with Gasteiger partial charge in [0.1, 0.15) is 6.61 Å². The number of unbranched alkanes of at least 4 members (excludes halogenated alkanes) is 26. The van der Waals surface area contributed by atoms with E-state index in [9.17, 15) is 14.7 Å². The van der Waals surface area contributed by atoms with Gasteiger partial charge in [-0.1, -0.05) is 180 Å². The fourth-order valence-corrected chi connectivity index (χ4v) is 5.47. The number of aliphatic hydroxyl groups is 1. The van der Waals surface area contributed by atoms with Gasteiger partial charge in [-0.2, -0.15) is 0 Å². The maximum Gasteiger partial charge on any atom is 0.330 e. The number of carbonyl (C=O) groups is 2. The first-order valence-electron chi connectivity index (χ1n) is 18.9. The van der Waals surface area contributed by atoms with Gasteiger partial charge < -0.3 is 14.6 Å². The van der Waals surface area contributed by atoms with Crippen molar-refractivity contribution in [2.45, 2.75) is 200 Å². The second kappa shape index (κ2) is 35.9. The summed E-state index contributed by atoms with van der Waals surface area (Å²) in [5, 5.41) is 9.50. The maximum absolute atomic E-state index is 12.0. The van der Waals surface area contributed by atoms with E-state index >= 15 is 0 Å². The number of carbonyl (C=O) groups excluding carboxylic acids is 2. The minimum Gasteiger partial charge on any atom is -0.458 e. The van der Waals surface area contributed by atoms with Gasteiger partial charge in [0.05, 0.1) is 6.61 Å². The quantitative estimate of drug-likeness (QED) is 0.0440. The normalized spacial score (nSPS) is 12.3. The summed E-state index contributed by atoms with van der Waals surface area (Å²) in [5.41, 5.74) is 0. The molecule has 258 valence electrons. The molecule has 0 fully saturated rings. The lowest BCUT2D eigenvalue weighted by atomic mass is 10.0. The van der Waals surface area contributed by atoms with Crippen LogP contribution in [0.5, 0.6) is 0 Å². The van der Waals surface area contributed by atoms with Crippen LogP contribution >= 0.6 is 0 Å². The van der Waals surface area contributed by atoms with E-state index < -0.39 is 18.0 Å². The number of aliphatic hydroxyl groups excluding tert-OH is 1. The monoisotopic (exact) mass is 621 g/mol. The van der Waals surface area contributed by atoms with Gasteiger partial charge >= 0.3 is 11.9 Å². The number of hydrogen-bond donors (Lipinski definition) is 1. The van der Waals surface area contributed by atoms with Gasteiger partial charge in [-0.3, -0.25) is 0 Å². The van der Waals surface area contributed by atoms with Crippen LogP contribution in [0.2, 0.25) is 0 Å². The van der Waals surface area contributed by atoms with E-state index in [2.05, 4.69) is 13.8 Å². The van der Waals surface area contributed by atoms with Gasteiger partial charge in [0.25, 0.3) is 0 Å². The Bertz CT molecular complexity index is 671. The molecule has 0 aliphatic carbocycles. The first kappa shape index (κ1) is 42.4. The van der Waals surface area contributed by atoms with Crippen LogP contribution < -0.4 is 0 Å². The van der Waals surface area contributed by atoms with Gasteiger partial charge in [0, 0.05) is 12.2 Å². The zero-order valence-corrected chi connectivity index (χ0v) is 29.2. The standard InChI is InChI=1S/C39H72O5/c1-3-5-7-9-11-13-15-17-19-21-23-25-27-29-31-33-38(41)43-36-37(35-40)44-39(42)34-32-30-28-26-24-22-20-18-16-14-12-10-8-6-4-2/h31-34,37,40H,3-30,35-36H2,1-2H3/t37-/m0/s1. The largest absolute Gasteiger partial charge is 0.458 e. The summed E-state index contributed by atoms with van der Waals surface area (Å²) >= 11 is 0. The number of ether oxygens (including phenoxy) is 2. The van der Waals surface area contributed by atoms with Crippen molar-refractivity contribution in [1.82, 2.24) is 0 Å². The smallest absolute Gasteiger partial charge is 0.330 e. The highest BCUT2D eigenvalue weighted by Crippen LogP contribution is 2.14. The average molecular weight is 621 g/mol. The van der Waals surface area contributed by atoms with Gasteiger partial charge in [-0.05, 0) is 25.7 Å². The fourth-order valence-electron chi connectivity index (χ4n) is 5.47. The highest BCUT2D eigenvalue weighted by molar-refractivity contribution is 5.82. The molecule has 44 heavy (non-hydrogen) atoms. The van der Waals surface area contributed by atoms with E-state index in [4.69, 9.17) is 9.47 Å². The zero-order valence-electron chi connectivity index (χ0n) is 29.2. The van der Waals surface area contributed by atoms with Crippen LogP contribution in [0.15, 0.2) is 24.3 Å². The first-order chi connectivity index (χ1) is 21.6. The minimum atomic E-state index is -0.845. The molecule has 0 unspecified atom stereocenters. The summed E-state index contributed by atoms with van der Waals surface area (Å²) in [4.78, 5) is 24.0. The highest BCUT2D eigenvalue weighted by atomic mass is 16.6. The molecule has 0 aromatic carbocycles.